The Morgan fingerprint density at radius 3 is 1.42 bits per heavy atom. The van der Waals surface area contributed by atoms with Crippen molar-refractivity contribution in [3.63, 3.8) is 0 Å². The molecule has 0 saturated heterocycles. The molecular weight excluding hydrogens is 428 g/mol. The summed E-state index contributed by atoms with van der Waals surface area (Å²) in [6.07, 6.45) is 0. The maximum absolute atomic E-state index is 12.7. The van der Waals surface area contributed by atoms with Crippen molar-refractivity contribution in [2.45, 2.75) is 38.9 Å². The van der Waals surface area contributed by atoms with E-state index in [1.165, 1.54) is 0 Å². The third-order valence-corrected chi connectivity index (χ3v) is 7.36. The molecule has 0 aliphatic rings. The zero-order valence-electron chi connectivity index (χ0n) is 20.1. The Morgan fingerprint density at radius 1 is 0.636 bits per heavy atom. The van der Waals surface area contributed by atoms with Crippen LogP contribution in [0.15, 0.2) is 78.9 Å². The lowest BCUT2D eigenvalue weighted by Gasteiger charge is -2.31. The van der Waals surface area contributed by atoms with Gasteiger partial charge < -0.3 is 14.4 Å². The van der Waals surface area contributed by atoms with Gasteiger partial charge in [0.1, 0.15) is 0 Å². The molecule has 0 bridgehead atoms. The minimum absolute atomic E-state index is 0.297. The third-order valence-electron chi connectivity index (χ3n) is 6.40. The SMILES string of the molecule is CCN(CC)c1ccc(C(c2ccccc2)C(c2ccc(N(CC)CC)cc2)S(=O)[O-])cc1. The molecule has 33 heavy (non-hydrogen) atoms. The van der Waals surface area contributed by atoms with E-state index in [0.717, 1.165) is 54.2 Å². The van der Waals surface area contributed by atoms with Crippen LogP contribution < -0.4 is 9.80 Å². The standard InChI is InChI=1S/C28H36N2O2S/c1-5-29(6-2)25-18-14-23(15-19-25)27(22-12-10-9-11-13-22)28(33(31)32)24-16-20-26(21-17-24)30(7-3)8-4/h9-21,27-28H,5-8H2,1-4H3,(H,31,32)/p-1. The van der Waals surface area contributed by atoms with Gasteiger partial charge in [0, 0.05) is 43.5 Å². The summed E-state index contributed by atoms with van der Waals surface area (Å²) in [4.78, 5) is 4.55. The van der Waals surface area contributed by atoms with E-state index >= 15 is 0 Å². The first-order valence-corrected chi connectivity index (χ1v) is 13.0. The summed E-state index contributed by atoms with van der Waals surface area (Å²) in [5.74, 6) is -0.297. The normalized spacial score (nSPS) is 13.8. The van der Waals surface area contributed by atoms with Crippen LogP contribution in [0, 0.1) is 0 Å². The van der Waals surface area contributed by atoms with Gasteiger partial charge >= 0.3 is 0 Å². The molecule has 0 fully saturated rings. The molecule has 0 saturated carbocycles. The van der Waals surface area contributed by atoms with E-state index in [1.54, 1.807) is 0 Å². The third kappa shape index (κ3) is 5.84. The van der Waals surface area contributed by atoms with E-state index in [2.05, 4.69) is 61.8 Å². The van der Waals surface area contributed by atoms with Crippen LogP contribution in [-0.2, 0) is 11.1 Å². The number of rotatable bonds is 11. The molecule has 3 aromatic rings. The van der Waals surface area contributed by atoms with Gasteiger partial charge in [0.25, 0.3) is 0 Å². The van der Waals surface area contributed by atoms with Gasteiger partial charge in [0.15, 0.2) is 0 Å². The Morgan fingerprint density at radius 2 is 1.03 bits per heavy atom. The van der Waals surface area contributed by atoms with Crippen molar-refractivity contribution in [3.05, 3.63) is 95.6 Å². The van der Waals surface area contributed by atoms with Crippen LogP contribution >= 0.6 is 0 Å². The van der Waals surface area contributed by atoms with Crippen LogP contribution in [-0.4, -0.2) is 34.9 Å². The summed E-state index contributed by atoms with van der Waals surface area (Å²) < 4.78 is 25.3. The monoisotopic (exact) mass is 463 g/mol. The first-order valence-electron chi connectivity index (χ1n) is 11.9. The Hall–Kier alpha value is -2.63. The maximum Gasteiger partial charge on any atom is 0.0574 e. The Labute approximate surface area is 201 Å². The van der Waals surface area contributed by atoms with Crippen LogP contribution in [0.2, 0.25) is 0 Å². The lowest BCUT2D eigenvalue weighted by Crippen LogP contribution is -2.22. The largest absolute Gasteiger partial charge is 0.772 e. The molecule has 0 heterocycles. The molecule has 3 atom stereocenters. The minimum Gasteiger partial charge on any atom is -0.772 e. The van der Waals surface area contributed by atoms with Crippen molar-refractivity contribution in [2.75, 3.05) is 36.0 Å². The Kier molecular flexibility index (Phi) is 9.10. The fourth-order valence-corrected chi connectivity index (χ4v) is 5.48. The highest BCUT2D eigenvalue weighted by Gasteiger charge is 2.28. The van der Waals surface area contributed by atoms with Gasteiger partial charge in [-0.1, -0.05) is 54.6 Å². The summed E-state index contributed by atoms with van der Waals surface area (Å²) in [6, 6.07) is 26.3. The lowest BCUT2D eigenvalue weighted by atomic mass is 9.85. The molecule has 4 nitrogen and oxygen atoms in total. The fourth-order valence-electron chi connectivity index (χ4n) is 4.56. The Balaban J connectivity index is 2.06. The van der Waals surface area contributed by atoms with Gasteiger partial charge in [-0.2, -0.15) is 0 Å². The number of nitrogens with zero attached hydrogens (tertiary/aromatic N) is 2. The van der Waals surface area contributed by atoms with Gasteiger partial charge in [-0.15, -0.1) is 0 Å². The van der Waals surface area contributed by atoms with E-state index < -0.39 is 16.3 Å². The molecule has 0 radical (unpaired) electrons. The quantitative estimate of drug-likeness (QED) is 0.321. The summed E-state index contributed by atoms with van der Waals surface area (Å²) in [7, 11) is 0. The van der Waals surface area contributed by atoms with Crippen LogP contribution in [0.4, 0.5) is 11.4 Å². The summed E-state index contributed by atoms with van der Waals surface area (Å²) in [5.41, 5.74) is 5.06. The number of anilines is 2. The molecule has 0 aliphatic carbocycles. The Bertz CT molecular complexity index is 998. The average molecular weight is 464 g/mol. The number of benzene rings is 3. The lowest BCUT2D eigenvalue weighted by molar-refractivity contribution is 0.515. The van der Waals surface area contributed by atoms with E-state index in [0.29, 0.717) is 0 Å². The number of hydrogen-bond donors (Lipinski definition) is 0. The zero-order chi connectivity index (χ0) is 23.8. The number of hydrogen-bond acceptors (Lipinski definition) is 4. The van der Waals surface area contributed by atoms with E-state index in [-0.39, 0.29) is 5.92 Å². The molecule has 3 unspecified atom stereocenters. The second kappa shape index (κ2) is 12.0. The van der Waals surface area contributed by atoms with E-state index in [4.69, 9.17) is 0 Å². The van der Waals surface area contributed by atoms with Gasteiger partial charge in [0.2, 0.25) is 0 Å². The van der Waals surface area contributed by atoms with Gasteiger partial charge in [0.05, 0.1) is 5.25 Å². The van der Waals surface area contributed by atoms with Crippen molar-refractivity contribution in [1.29, 1.82) is 0 Å². The minimum atomic E-state index is -2.30. The molecule has 0 aromatic heterocycles. The summed E-state index contributed by atoms with van der Waals surface area (Å²) in [5, 5.41) is -0.683. The summed E-state index contributed by atoms with van der Waals surface area (Å²) in [6.45, 7) is 12.2. The van der Waals surface area contributed by atoms with Gasteiger partial charge in [-0.3, -0.25) is 4.21 Å². The van der Waals surface area contributed by atoms with Crippen molar-refractivity contribution >= 4 is 22.5 Å². The zero-order valence-corrected chi connectivity index (χ0v) is 20.9. The highest BCUT2D eigenvalue weighted by atomic mass is 32.2. The second-order valence-electron chi connectivity index (χ2n) is 8.10. The molecule has 0 spiro atoms. The van der Waals surface area contributed by atoms with Crippen molar-refractivity contribution in [3.8, 4) is 0 Å². The molecule has 0 amide bonds. The second-order valence-corrected chi connectivity index (χ2v) is 9.13. The van der Waals surface area contributed by atoms with E-state index in [9.17, 15) is 8.76 Å². The molecule has 3 aromatic carbocycles. The predicted molar refractivity (Wildman–Crippen MR) is 140 cm³/mol. The van der Waals surface area contributed by atoms with Crippen LogP contribution in [0.3, 0.4) is 0 Å². The highest BCUT2D eigenvalue weighted by molar-refractivity contribution is 7.79. The van der Waals surface area contributed by atoms with Crippen LogP contribution in [0.1, 0.15) is 55.6 Å². The molecular formula is C28H35N2O2S-. The van der Waals surface area contributed by atoms with Crippen molar-refractivity contribution < 1.29 is 8.76 Å². The maximum atomic E-state index is 12.7. The van der Waals surface area contributed by atoms with Crippen LogP contribution in [0.25, 0.3) is 0 Å². The van der Waals surface area contributed by atoms with Crippen molar-refractivity contribution in [2.24, 2.45) is 0 Å². The molecule has 5 heteroatoms. The van der Waals surface area contributed by atoms with E-state index in [1.807, 2.05) is 54.6 Å². The topological polar surface area (TPSA) is 46.6 Å². The van der Waals surface area contributed by atoms with Gasteiger partial charge in [-0.25, -0.2) is 0 Å². The smallest absolute Gasteiger partial charge is 0.0574 e. The molecule has 3 rings (SSSR count). The fraction of sp³-hybridized carbons (Fsp3) is 0.357. The molecule has 176 valence electrons. The summed E-state index contributed by atoms with van der Waals surface area (Å²) >= 11 is -2.30. The van der Waals surface area contributed by atoms with Crippen molar-refractivity contribution in [1.82, 2.24) is 0 Å². The first kappa shape index (κ1) is 25.0. The first-order chi connectivity index (χ1) is 16.0. The van der Waals surface area contributed by atoms with Gasteiger partial charge in [-0.05, 0) is 79.7 Å². The van der Waals surface area contributed by atoms with Crippen LogP contribution in [0.5, 0.6) is 0 Å². The molecule has 0 N–H and O–H groups in total. The highest BCUT2D eigenvalue weighted by Crippen LogP contribution is 2.41. The molecule has 0 aliphatic heterocycles. The average Bonchev–Trinajstić information content (AvgIpc) is 2.85. The predicted octanol–water partition coefficient (Wildman–Crippen LogP) is 6.13.